The fraction of sp³-hybridized carbons (Fsp3) is 0.562. The third-order valence-electron chi connectivity index (χ3n) is 4.52. The molecular weight excluding hydrogens is 310 g/mol. The molecule has 0 atom stereocenters. The number of aryl methyl sites for hydroxylation is 1. The van der Waals surface area contributed by atoms with Crippen molar-refractivity contribution in [3.8, 4) is 0 Å². The number of carbonyl (C=O) groups is 1. The molecule has 1 fully saturated rings. The number of hydrogen-bond donors (Lipinski definition) is 1. The smallest absolute Gasteiger partial charge is 0.255 e. The number of ether oxygens (including phenoxy) is 1. The molecule has 4 rings (SSSR count). The minimum absolute atomic E-state index is 0.127. The van der Waals surface area contributed by atoms with Crippen molar-refractivity contribution >= 4 is 24.0 Å². The first-order valence-corrected chi connectivity index (χ1v) is 8.31. The molecular formula is C16H21N5O3. The van der Waals surface area contributed by atoms with Gasteiger partial charge in [0.2, 0.25) is 5.88 Å². The van der Waals surface area contributed by atoms with Crippen LogP contribution in [0.1, 0.15) is 21.7 Å². The normalized spacial score (nSPS) is 19.9. The Hall–Kier alpha value is -2.19. The molecule has 1 N–H and O–H groups in total. The van der Waals surface area contributed by atoms with E-state index in [0.717, 1.165) is 50.8 Å². The fourth-order valence-electron chi connectivity index (χ4n) is 3.26. The van der Waals surface area contributed by atoms with Gasteiger partial charge in [-0.2, -0.15) is 0 Å². The van der Waals surface area contributed by atoms with E-state index < -0.39 is 0 Å². The molecule has 4 heterocycles. The van der Waals surface area contributed by atoms with Crippen molar-refractivity contribution in [2.45, 2.75) is 6.92 Å². The van der Waals surface area contributed by atoms with Crippen LogP contribution in [-0.2, 0) is 4.74 Å². The maximum atomic E-state index is 12.7. The number of amides is 1. The lowest BCUT2D eigenvalue weighted by molar-refractivity contribution is 0.0383. The Labute approximate surface area is 140 Å². The maximum Gasteiger partial charge on any atom is 0.255 e. The molecule has 8 nitrogen and oxygen atoms in total. The molecule has 0 aromatic carbocycles. The van der Waals surface area contributed by atoms with E-state index in [9.17, 15) is 4.79 Å². The van der Waals surface area contributed by atoms with E-state index in [0.29, 0.717) is 30.3 Å². The summed E-state index contributed by atoms with van der Waals surface area (Å²) in [5.74, 6) is 1.72. The second kappa shape index (κ2) is 6.37. The molecule has 0 aliphatic carbocycles. The number of furan rings is 1. The highest BCUT2D eigenvalue weighted by Gasteiger charge is 2.33. The Balaban J connectivity index is 1.47. The van der Waals surface area contributed by atoms with Gasteiger partial charge < -0.3 is 19.4 Å². The van der Waals surface area contributed by atoms with Crippen LogP contribution < -0.4 is 5.32 Å². The Morgan fingerprint density at radius 1 is 1.33 bits per heavy atom. The molecule has 128 valence electrons. The van der Waals surface area contributed by atoms with Crippen molar-refractivity contribution in [2.75, 3.05) is 52.5 Å². The van der Waals surface area contributed by atoms with Crippen molar-refractivity contribution < 1.29 is 13.9 Å². The van der Waals surface area contributed by atoms with Gasteiger partial charge in [0.15, 0.2) is 0 Å². The fourth-order valence-corrected chi connectivity index (χ4v) is 3.26. The Kier molecular flexibility index (Phi) is 4.07. The number of rotatable bonds is 4. The highest BCUT2D eigenvalue weighted by molar-refractivity contribution is 6.17. The molecule has 1 saturated heterocycles. The largest absolute Gasteiger partial charge is 0.442 e. The van der Waals surface area contributed by atoms with Gasteiger partial charge in [0, 0.05) is 32.7 Å². The van der Waals surface area contributed by atoms with Gasteiger partial charge in [-0.25, -0.2) is 4.99 Å². The molecule has 1 aromatic heterocycles. The molecule has 0 spiro atoms. The number of nitrogens with one attached hydrogen (secondary N) is 1. The van der Waals surface area contributed by atoms with E-state index in [1.807, 2.05) is 4.90 Å². The second-order valence-electron chi connectivity index (χ2n) is 6.07. The zero-order valence-corrected chi connectivity index (χ0v) is 13.7. The first kappa shape index (κ1) is 15.3. The van der Waals surface area contributed by atoms with Crippen LogP contribution in [0.4, 0.5) is 5.88 Å². The first-order valence-electron chi connectivity index (χ1n) is 8.31. The molecule has 8 heteroatoms. The Morgan fingerprint density at radius 2 is 2.17 bits per heavy atom. The van der Waals surface area contributed by atoms with Gasteiger partial charge in [0.1, 0.15) is 17.9 Å². The quantitative estimate of drug-likeness (QED) is 0.863. The van der Waals surface area contributed by atoms with Gasteiger partial charge in [-0.05, 0) is 6.92 Å². The van der Waals surface area contributed by atoms with E-state index >= 15 is 0 Å². The standard InChI is InChI=1S/C16H21N5O3/c1-11-12(15(22)18-2-4-20-6-8-23-9-7-20)13-14-17-3-5-21(14)10-19-16(13)24-11/h10H,2-9H2,1H3,(H,18,22). The van der Waals surface area contributed by atoms with E-state index in [4.69, 9.17) is 9.15 Å². The van der Waals surface area contributed by atoms with E-state index in [1.54, 1.807) is 13.3 Å². The molecule has 24 heavy (non-hydrogen) atoms. The summed E-state index contributed by atoms with van der Waals surface area (Å²) >= 11 is 0. The molecule has 3 aliphatic rings. The molecule has 0 unspecified atom stereocenters. The summed E-state index contributed by atoms with van der Waals surface area (Å²) in [7, 11) is 0. The molecule has 0 radical (unpaired) electrons. The van der Waals surface area contributed by atoms with Crippen molar-refractivity contribution in [3.63, 3.8) is 0 Å². The van der Waals surface area contributed by atoms with Crippen LogP contribution in [0.15, 0.2) is 14.4 Å². The zero-order chi connectivity index (χ0) is 16.5. The summed E-state index contributed by atoms with van der Waals surface area (Å²) in [6.07, 6.45) is 1.72. The van der Waals surface area contributed by atoms with Crippen molar-refractivity contribution in [1.82, 2.24) is 15.1 Å². The second-order valence-corrected chi connectivity index (χ2v) is 6.07. The lowest BCUT2D eigenvalue weighted by atomic mass is 10.1. The molecule has 3 aliphatic heterocycles. The average molecular weight is 331 g/mol. The predicted octanol–water partition coefficient (Wildman–Crippen LogP) is 0.386. The third kappa shape index (κ3) is 2.71. The third-order valence-corrected chi connectivity index (χ3v) is 4.52. The van der Waals surface area contributed by atoms with Gasteiger partial charge in [0.05, 0.1) is 30.9 Å². The number of amidine groups is 1. The number of nitrogens with zero attached hydrogens (tertiary/aromatic N) is 4. The van der Waals surface area contributed by atoms with Gasteiger partial charge >= 0.3 is 0 Å². The molecule has 0 saturated carbocycles. The molecule has 1 aromatic rings. The zero-order valence-electron chi connectivity index (χ0n) is 13.7. The number of carbonyl (C=O) groups excluding carboxylic acids is 1. The first-order chi connectivity index (χ1) is 11.7. The van der Waals surface area contributed by atoms with E-state index in [1.165, 1.54) is 0 Å². The van der Waals surface area contributed by atoms with Crippen LogP contribution in [0.5, 0.6) is 0 Å². The van der Waals surface area contributed by atoms with Crippen LogP contribution in [-0.4, -0.2) is 80.4 Å². The summed E-state index contributed by atoms with van der Waals surface area (Å²) in [5.41, 5.74) is 1.27. The number of hydrogen-bond acceptors (Lipinski definition) is 7. The van der Waals surface area contributed by atoms with Crippen LogP contribution in [0.25, 0.3) is 0 Å². The summed E-state index contributed by atoms with van der Waals surface area (Å²) in [6, 6.07) is 0. The van der Waals surface area contributed by atoms with Crippen molar-refractivity contribution in [1.29, 1.82) is 0 Å². The number of aliphatic imine (C=N–C) groups is 2. The molecule has 1 amide bonds. The monoisotopic (exact) mass is 331 g/mol. The number of fused-ring (bicyclic) bond motifs is 3. The Bertz CT molecular complexity index is 703. The topological polar surface area (TPSA) is 82.7 Å². The highest BCUT2D eigenvalue weighted by atomic mass is 16.5. The summed E-state index contributed by atoms with van der Waals surface area (Å²) in [4.78, 5) is 25.7. The van der Waals surface area contributed by atoms with Gasteiger partial charge in [-0.3, -0.25) is 14.7 Å². The summed E-state index contributed by atoms with van der Waals surface area (Å²) in [6.45, 7) is 8.06. The van der Waals surface area contributed by atoms with Crippen LogP contribution >= 0.6 is 0 Å². The lowest BCUT2D eigenvalue weighted by Gasteiger charge is -2.26. The minimum Gasteiger partial charge on any atom is -0.442 e. The Morgan fingerprint density at radius 3 is 3.00 bits per heavy atom. The lowest BCUT2D eigenvalue weighted by Crippen LogP contribution is -2.41. The van der Waals surface area contributed by atoms with Gasteiger partial charge in [-0.1, -0.05) is 0 Å². The maximum absolute atomic E-state index is 12.7. The molecule has 0 bridgehead atoms. The minimum atomic E-state index is -0.127. The highest BCUT2D eigenvalue weighted by Crippen LogP contribution is 2.34. The van der Waals surface area contributed by atoms with Crippen LogP contribution in [0, 0.1) is 6.92 Å². The number of morpholine rings is 1. The van der Waals surface area contributed by atoms with Gasteiger partial charge in [-0.15, -0.1) is 0 Å². The van der Waals surface area contributed by atoms with Crippen LogP contribution in [0.3, 0.4) is 0 Å². The average Bonchev–Trinajstić information content (AvgIpc) is 3.18. The van der Waals surface area contributed by atoms with Crippen LogP contribution in [0.2, 0.25) is 0 Å². The summed E-state index contributed by atoms with van der Waals surface area (Å²) < 4.78 is 11.0. The van der Waals surface area contributed by atoms with E-state index in [-0.39, 0.29) is 5.91 Å². The van der Waals surface area contributed by atoms with Crippen molar-refractivity contribution in [3.05, 3.63) is 16.9 Å². The summed E-state index contributed by atoms with van der Waals surface area (Å²) in [5, 5.41) is 3.00. The predicted molar refractivity (Wildman–Crippen MR) is 89.3 cm³/mol. The van der Waals surface area contributed by atoms with Gasteiger partial charge in [0.25, 0.3) is 5.91 Å². The van der Waals surface area contributed by atoms with E-state index in [2.05, 4.69) is 20.2 Å². The SMILES string of the molecule is Cc1oc2c(c1C(=O)NCCN1CCOCC1)C1=NCCN1C=N2. The van der Waals surface area contributed by atoms with Crippen molar-refractivity contribution in [2.24, 2.45) is 9.98 Å².